The molecule has 0 aromatic heterocycles. The van der Waals surface area contributed by atoms with Crippen molar-refractivity contribution < 1.29 is 14.3 Å². The van der Waals surface area contributed by atoms with Gasteiger partial charge >= 0.3 is 0 Å². The average Bonchev–Trinajstić information content (AvgIpc) is 2.49. The molecule has 1 aromatic rings. The molecule has 6 heteroatoms. The van der Waals surface area contributed by atoms with Gasteiger partial charge in [-0.15, -0.1) is 0 Å². The molecule has 1 heterocycles. The molecule has 114 valence electrons. The molecule has 2 rings (SSSR count). The van der Waals surface area contributed by atoms with Gasteiger partial charge in [0.2, 0.25) is 5.91 Å². The number of morpholine rings is 1. The van der Waals surface area contributed by atoms with Crippen LogP contribution in [0.15, 0.2) is 24.3 Å². The van der Waals surface area contributed by atoms with Crippen molar-refractivity contribution in [3.63, 3.8) is 0 Å². The Labute approximate surface area is 124 Å². The summed E-state index contributed by atoms with van der Waals surface area (Å²) in [4.78, 5) is 27.3. The number of hydrogen-bond acceptors (Lipinski definition) is 4. The summed E-state index contributed by atoms with van der Waals surface area (Å²) in [6.07, 6.45) is 0. The molecule has 0 atom stereocenters. The number of amides is 2. The number of nitrogens with zero attached hydrogens (tertiary/aromatic N) is 2. The fourth-order valence-electron chi connectivity index (χ4n) is 2.12. The number of anilines is 1. The minimum absolute atomic E-state index is 0.0231. The van der Waals surface area contributed by atoms with Crippen LogP contribution in [0, 0.1) is 0 Å². The third kappa shape index (κ3) is 4.19. The third-order valence-electron chi connectivity index (χ3n) is 3.38. The second kappa shape index (κ2) is 7.08. The van der Waals surface area contributed by atoms with Gasteiger partial charge in [0.1, 0.15) is 6.61 Å². The van der Waals surface area contributed by atoms with E-state index in [0.29, 0.717) is 31.8 Å². The monoisotopic (exact) mass is 291 g/mol. The molecule has 0 bridgehead atoms. The van der Waals surface area contributed by atoms with Crippen LogP contribution in [0.1, 0.15) is 10.4 Å². The molecular formula is C15H21N3O3. The van der Waals surface area contributed by atoms with Gasteiger partial charge in [0, 0.05) is 45.0 Å². The Morgan fingerprint density at radius 1 is 1.43 bits per heavy atom. The van der Waals surface area contributed by atoms with Crippen LogP contribution in [0.25, 0.3) is 0 Å². The number of hydrogen-bond donors (Lipinski definition) is 1. The van der Waals surface area contributed by atoms with Gasteiger partial charge in [0.25, 0.3) is 5.91 Å². The van der Waals surface area contributed by atoms with Gasteiger partial charge in [0.05, 0.1) is 6.61 Å². The summed E-state index contributed by atoms with van der Waals surface area (Å²) in [5.74, 6) is -0.149. The number of nitrogens with one attached hydrogen (secondary N) is 1. The quantitative estimate of drug-likeness (QED) is 0.850. The zero-order valence-electron chi connectivity index (χ0n) is 12.5. The standard InChI is InChI=1S/C15H21N3O3/c1-17(2)13-5-3-4-12(10-13)15(20)16-6-7-18-8-9-21-11-14(18)19/h3-5,10H,6-9,11H2,1-2H3,(H,16,20). The Morgan fingerprint density at radius 2 is 2.24 bits per heavy atom. The van der Waals surface area contributed by atoms with E-state index in [9.17, 15) is 9.59 Å². The van der Waals surface area contributed by atoms with Crippen molar-refractivity contribution in [1.82, 2.24) is 10.2 Å². The smallest absolute Gasteiger partial charge is 0.251 e. The fourth-order valence-corrected chi connectivity index (χ4v) is 2.12. The number of rotatable bonds is 5. The Bertz CT molecular complexity index is 517. The number of carbonyl (C=O) groups is 2. The van der Waals surface area contributed by atoms with E-state index in [1.165, 1.54) is 0 Å². The maximum Gasteiger partial charge on any atom is 0.251 e. The maximum atomic E-state index is 12.1. The lowest BCUT2D eigenvalue weighted by atomic mass is 10.2. The van der Waals surface area contributed by atoms with E-state index in [1.807, 2.05) is 37.2 Å². The normalized spacial score (nSPS) is 15.0. The van der Waals surface area contributed by atoms with Crippen LogP contribution < -0.4 is 10.2 Å². The van der Waals surface area contributed by atoms with E-state index >= 15 is 0 Å². The summed E-state index contributed by atoms with van der Waals surface area (Å²) in [6.45, 7) is 2.24. The first kappa shape index (κ1) is 15.3. The molecule has 1 saturated heterocycles. The SMILES string of the molecule is CN(C)c1cccc(C(=O)NCCN2CCOCC2=O)c1. The molecule has 1 fully saturated rings. The summed E-state index contributed by atoms with van der Waals surface area (Å²) in [5, 5.41) is 2.84. The summed E-state index contributed by atoms with van der Waals surface area (Å²) in [6, 6.07) is 7.43. The van der Waals surface area contributed by atoms with E-state index in [1.54, 1.807) is 11.0 Å². The predicted octanol–water partition coefficient (Wildman–Crippen LogP) is 0.341. The van der Waals surface area contributed by atoms with Crippen molar-refractivity contribution in [1.29, 1.82) is 0 Å². The highest BCUT2D eigenvalue weighted by Gasteiger charge is 2.18. The van der Waals surface area contributed by atoms with Gasteiger partial charge in [-0.1, -0.05) is 6.07 Å². The summed E-state index contributed by atoms with van der Waals surface area (Å²) in [5.41, 5.74) is 1.60. The van der Waals surface area contributed by atoms with Crippen molar-refractivity contribution in [2.75, 3.05) is 51.8 Å². The first-order valence-electron chi connectivity index (χ1n) is 6.99. The largest absolute Gasteiger partial charge is 0.378 e. The molecule has 1 aliphatic heterocycles. The average molecular weight is 291 g/mol. The lowest BCUT2D eigenvalue weighted by Gasteiger charge is -2.26. The predicted molar refractivity (Wildman–Crippen MR) is 80.5 cm³/mol. The Kier molecular flexibility index (Phi) is 5.16. The van der Waals surface area contributed by atoms with Crippen molar-refractivity contribution in [2.45, 2.75) is 0 Å². The van der Waals surface area contributed by atoms with Crippen molar-refractivity contribution >= 4 is 17.5 Å². The van der Waals surface area contributed by atoms with E-state index in [4.69, 9.17) is 4.74 Å². The zero-order chi connectivity index (χ0) is 15.2. The fraction of sp³-hybridized carbons (Fsp3) is 0.467. The van der Waals surface area contributed by atoms with E-state index in [2.05, 4.69) is 5.32 Å². The van der Waals surface area contributed by atoms with Crippen LogP contribution in [0.5, 0.6) is 0 Å². The third-order valence-corrected chi connectivity index (χ3v) is 3.38. The van der Waals surface area contributed by atoms with Crippen LogP contribution in [0.4, 0.5) is 5.69 Å². The number of ether oxygens (including phenoxy) is 1. The van der Waals surface area contributed by atoms with Gasteiger partial charge in [0.15, 0.2) is 0 Å². The molecule has 6 nitrogen and oxygen atoms in total. The topological polar surface area (TPSA) is 61.9 Å². The Balaban J connectivity index is 1.84. The molecule has 0 radical (unpaired) electrons. The molecule has 1 N–H and O–H groups in total. The van der Waals surface area contributed by atoms with Gasteiger partial charge in [-0.25, -0.2) is 0 Å². The summed E-state index contributed by atoms with van der Waals surface area (Å²) < 4.78 is 5.06. The highest BCUT2D eigenvalue weighted by atomic mass is 16.5. The van der Waals surface area contributed by atoms with Crippen molar-refractivity contribution in [3.05, 3.63) is 29.8 Å². The highest BCUT2D eigenvalue weighted by Crippen LogP contribution is 2.13. The van der Waals surface area contributed by atoms with Gasteiger partial charge in [-0.05, 0) is 18.2 Å². The molecule has 21 heavy (non-hydrogen) atoms. The van der Waals surface area contributed by atoms with Crippen molar-refractivity contribution in [2.24, 2.45) is 0 Å². The highest BCUT2D eigenvalue weighted by molar-refractivity contribution is 5.95. The van der Waals surface area contributed by atoms with Gasteiger partial charge < -0.3 is 19.9 Å². The molecule has 0 spiro atoms. The lowest BCUT2D eigenvalue weighted by molar-refractivity contribution is -0.142. The lowest BCUT2D eigenvalue weighted by Crippen LogP contribution is -2.45. The second-order valence-corrected chi connectivity index (χ2v) is 5.13. The minimum Gasteiger partial charge on any atom is -0.378 e. The van der Waals surface area contributed by atoms with Crippen LogP contribution in [-0.4, -0.2) is 63.7 Å². The van der Waals surface area contributed by atoms with E-state index in [0.717, 1.165) is 5.69 Å². The minimum atomic E-state index is -0.126. The first-order chi connectivity index (χ1) is 10.1. The molecule has 0 unspecified atom stereocenters. The molecule has 0 aliphatic carbocycles. The van der Waals surface area contributed by atoms with E-state index < -0.39 is 0 Å². The van der Waals surface area contributed by atoms with Crippen LogP contribution >= 0.6 is 0 Å². The molecule has 1 aromatic carbocycles. The molecule has 1 aliphatic rings. The number of benzene rings is 1. The van der Waals surface area contributed by atoms with Crippen LogP contribution in [0.2, 0.25) is 0 Å². The van der Waals surface area contributed by atoms with Gasteiger partial charge in [-0.3, -0.25) is 9.59 Å². The molecule has 2 amide bonds. The van der Waals surface area contributed by atoms with Gasteiger partial charge in [-0.2, -0.15) is 0 Å². The van der Waals surface area contributed by atoms with Crippen LogP contribution in [-0.2, 0) is 9.53 Å². The second-order valence-electron chi connectivity index (χ2n) is 5.13. The summed E-state index contributed by atoms with van der Waals surface area (Å²) in [7, 11) is 3.86. The number of carbonyl (C=O) groups excluding carboxylic acids is 2. The Hall–Kier alpha value is -2.08. The summed E-state index contributed by atoms with van der Waals surface area (Å²) >= 11 is 0. The Morgan fingerprint density at radius 3 is 2.95 bits per heavy atom. The zero-order valence-corrected chi connectivity index (χ0v) is 12.5. The van der Waals surface area contributed by atoms with E-state index in [-0.39, 0.29) is 18.4 Å². The van der Waals surface area contributed by atoms with Crippen molar-refractivity contribution in [3.8, 4) is 0 Å². The molecule has 0 saturated carbocycles. The first-order valence-corrected chi connectivity index (χ1v) is 6.99. The van der Waals surface area contributed by atoms with Crippen LogP contribution in [0.3, 0.4) is 0 Å². The molecular weight excluding hydrogens is 270 g/mol. The maximum absolute atomic E-state index is 12.1.